The summed E-state index contributed by atoms with van der Waals surface area (Å²) in [5, 5.41) is 10.6. The summed E-state index contributed by atoms with van der Waals surface area (Å²) in [6, 6.07) is 0. The second-order valence-corrected chi connectivity index (χ2v) is 29.2. The Morgan fingerprint density at radius 3 is 0.863 bits per heavy atom. The van der Waals surface area contributed by atoms with E-state index in [4.69, 9.17) is 37.0 Å². The number of rotatable bonds is 74. The molecule has 5 unspecified atom stereocenters. The summed E-state index contributed by atoms with van der Waals surface area (Å²) in [7, 11) is -9.98. The number of carbonyl (C=O) groups is 4. The van der Waals surface area contributed by atoms with Crippen LogP contribution in [-0.4, -0.2) is 96.7 Å². The molecular weight excluding hydrogens is 1330 g/mol. The zero-order valence-electron chi connectivity index (χ0n) is 64.0. The predicted octanol–water partition coefficient (Wildman–Crippen LogP) is 23.1. The Balaban J connectivity index is 5.39. The van der Waals surface area contributed by atoms with Crippen LogP contribution in [0.25, 0.3) is 0 Å². The van der Waals surface area contributed by atoms with Gasteiger partial charge in [-0.05, 0) is 122 Å². The lowest BCUT2D eigenvalue weighted by Crippen LogP contribution is -2.30. The Morgan fingerprint density at radius 2 is 0.529 bits per heavy atom. The number of phosphoric acid groups is 2. The molecule has 0 aliphatic carbocycles. The van der Waals surface area contributed by atoms with Crippen molar-refractivity contribution < 1.29 is 80.2 Å². The van der Waals surface area contributed by atoms with Crippen LogP contribution in [0.3, 0.4) is 0 Å². The number of aliphatic hydroxyl groups excluding tert-OH is 1. The standard InChI is InChI=1S/C83H142O17P2/c1-5-9-13-17-21-25-29-33-35-37-38-40-42-46-48-52-56-60-64-68-81(86)94-74-79(100-83(88)70-66-62-58-54-50-44-32-28-24-20-16-12-8-4)76-98-102(91,92)96-72-77(84)71-95-101(89,90)97-75-78(99-82(87)69-65-61-57-53-49-43-31-27-23-19-15-11-7-3)73-93-80(85)67-63-59-55-51-47-45-41-39-36-34-30-26-22-18-14-10-6-2/h9-10,13-14,21-22,25-26,28,32-36,38,40,46,48,56,60,77-79,84H,5-8,11-12,15-20,23-24,27,29-31,37,39,41-45,47,49-55,57-59,61-76H2,1-4H3,(H,89,90)(H,91,92)/b13-9-,14-10-,25-21-,26-22-,32-28-,35-33-,36-34-,40-38-,48-46-,60-56-. The largest absolute Gasteiger partial charge is 0.472 e. The van der Waals surface area contributed by atoms with Crippen molar-refractivity contribution in [2.45, 2.75) is 341 Å². The predicted molar refractivity (Wildman–Crippen MR) is 418 cm³/mol. The topological polar surface area (TPSA) is 237 Å². The van der Waals surface area contributed by atoms with Crippen LogP contribution in [0.1, 0.15) is 323 Å². The molecule has 0 aliphatic rings. The van der Waals surface area contributed by atoms with Gasteiger partial charge in [0.15, 0.2) is 12.2 Å². The molecule has 0 radical (unpaired) electrons. The SMILES string of the molecule is CC/C=C\C/C=C\C/C=C\C/C=C\C/C=C\C/C=C\CCC(=O)OCC(COP(=O)(O)OCC(O)COP(=O)(O)OCC(COC(=O)CCCCCCCCC/C=C\C/C=C\C/C=C\CC)OC(=O)CCCCCCCCCCCCCCC)OC(=O)CCCCCCC/C=C\CCCCCC. The molecule has 19 heteroatoms. The molecule has 0 bridgehead atoms. The summed E-state index contributed by atoms with van der Waals surface area (Å²) < 4.78 is 68.5. The van der Waals surface area contributed by atoms with Crippen molar-refractivity contribution in [1.29, 1.82) is 0 Å². The van der Waals surface area contributed by atoms with Gasteiger partial charge in [0, 0.05) is 25.7 Å². The molecule has 0 aliphatic heterocycles. The van der Waals surface area contributed by atoms with E-state index in [1.165, 1.54) is 77.0 Å². The third-order valence-electron chi connectivity index (χ3n) is 16.4. The number of aliphatic hydroxyl groups is 1. The maximum Gasteiger partial charge on any atom is 0.472 e. The lowest BCUT2D eigenvalue weighted by atomic mass is 10.0. The normalized spacial score (nSPS) is 14.5. The summed E-state index contributed by atoms with van der Waals surface area (Å²) in [6.45, 7) is 4.55. The number of carbonyl (C=O) groups excluding carboxylic acids is 4. The fourth-order valence-corrected chi connectivity index (χ4v) is 12.0. The Morgan fingerprint density at radius 1 is 0.284 bits per heavy atom. The van der Waals surface area contributed by atoms with Gasteiger partial charge in [0.05, 0.1) is 26.4 Å². The molecule has 102 heavy (non-hydrogen) atoms. The van der Waals surface area contributed by atoms with E-state index in [1.54, 1.807) is 0 Å². The second-order valence-electron chi connectivity index (χ2n) is 26.2. The molecule has 0 heterocycles. The van der Waals surface area contributed by atoms with E-state index in [1.807, 2.05) is 18.2 Å². The van der Waals surface area contributed by atoms with Gasteiger partial charge in [-0.2, -0.15) is 0 Å². The molecule has 0 fully saturated rings. The van der Waals surface area contributed by atoms with Gasteiger partial charge < -0.3 is 33.8 Å². The van der Waals surface area contributed by atoms with Crippen LogP contribution in [0.5, 0.6) is 0 Å². The van der Waals surface area contributed by atoms with Gasteiger partial charge in [-0.25, -0.2) is 9.13 Å². The van der Waals surface area contributed by atoms with Gasteiger partial charge >= 0.3 is 39.5 Å². The van der Waals surface area contributed by atoms with E-state index in [0.29, 0.717) is 32.1 Å². The Bertz CT molecular complexity index is 2410. The highest BCUT2D eigenvalue weighted by molar-refractivity contribution is 7.47. The van der Waals surface area contributed by atoms with Gasteiger partial charge in [-0.1, -0.05) is 297 Å². The number of phosphoric ester groups is 2. The van der Waals surface area contributed by atoms with Crippen LogP contribution in [0.2, 0.25) is 0 Å². The highest BCUT2D eigenvalue weighted by atomic mass is 31.2. The van der Waals surface area contributed by atoms with Crippen LogP contribution in [0.4, 0.5) is 0 Å². The minimum Gasteiger partial charge on any atom is -0.462 e. The average molecular weight is 1470 g/mol. The molecule has 0 spiro atoms. The molecule has 0 saturated carbocycles. The lowest BCUT2D eigenvalue weighted by Gasteiger charge is -2.21. The summed E-state index contributed by atoms with van der Waals surface area (Å²) >= 11 is 0. The van der Waals surface area contributed by atoms with Crippen molar-refractivity contribution in [2.24, 2.45) is 0 Å². The van der Waals surface area contributed by atoms with Crippen LogP contribution in [0, 0.1) is 0 Å². The average Bonchev–Trinajstić information content (AvgIpc) is 0.909. The molecule has 0 aromatic heterocycles. The highest BCUT2D eigenvalue weighted by Crippen LogP contribution is 2.45. The molecule has 5 atom stereocenters. The molecule has 586 valence electrons. The van der Waals surface area contributed by atoms with Crippen molar-refractivity contribution >= 4 is 39.5 Å². The smallest absolute Gasteiger partial charge is 0.462 e. The molecule has 17 nitrogen and oxygen atoms in total. The number of allylic oxidation sites excluding steroid dienone is 20. The minimum absolute atomic E-state index is 0.0335. The van der Waals surface area contributed by atoms with E-state index >= 15 is 0 Å². The monoisotopic (exact) mass is 1470 g/mol. The highest BCUT2D eigenvalue weighted by Gasteiger charge is 2.30. The third kappa shape index (κ3) is 73.8. The van der Waals surface area contributed by atoms with E-state index in [2.05, 4.69) is 131 Å². The number of esters is 4. The molecule has 0 amide bonds. The quantitative estimate of drug-likeness (QED) is 0.0169. The van der Waals surface area contributed by atoms with Crippen LogP contribution in [-0.2, 0) is 65.4 Å². The first-order valence-corrected chi connectivity index (χ1v) is 42.8. The zero-order valence-corrected chi connectivity index (χ0v) is 65.8. The summed E-state index contributed by atoms with van der Waals surface area (Å²) in [4.78, 5) is 72.9. The van der Waals surface area contributed by atoms with Crippen molar-refractivity contribution in [3.8, 4) is 0 Å². The first kappa shape index (κ1) is 97.5. The molecule has 0 saturated heterocycles. The second kappa shape index (κ2) is 74.7. The Labute approximate surface area is 619 Å². The summed E-state index contributed by atoms with van der Waals surface area (Å²) in [5.74, 6) is -2.28. The fraction of sp³-hybridized carbons (Fsp3) is 0.711. The zero-order chi connectivity index (χ0) is 74.6. The summed E-state index contributed by atoms with van der Waals surface area (Å²) in [6.07, 6.45) is 81.9. The van der Waals surface area contributed by atoms with Gasteiger partial charge in [0.25, 0.3) is 0 Å². The van der Waals surface area contributed by atoms with Gasteiger partial charge in [-0.15, -0.1) is 0 Å². The van der Waals surface area contributed by atoms with Gasteiger partial charge in [0.2, 0.25) is 0 Å². The maximum absolute atomic E-state index is 13.1. The van der Waals surface area contributed by atoms with E-state index in [0.717, 1.165) is 161 Å². The van der Waals surface area contributed by atoms with Crippen LogP contribution in [0.15, 0.2) is 122 Å². The number of hydrogen-bond donors (Lipinski definition) is 3. The Kier molecular flexibility index (Phi) is 71.4. The van der Waals surface area contributed by atoms with Gasteiger partial charge in [-0.3, -0.25) is 37.3 Å². The number of ether oxygens (including phenoxy) is 4. The minimum atomic E-state index is -4.99. The number of unbranched alkanes of at least 4 members (excludes halogenated alkanes) is 28. The van der Waals surface area contributed by atoms with E-state index < -0.39 is 97.5 Å². The molecular formula is C83H142O17P2. The van der Waals surface area contributed by atoms with Crippen molar-refractivity contribution in [3.63, 3.8) is 0 Å². The van der Waals surface area contributed by atoms with Gasteiger partial charge in [0.1, 0.15) is 19.3 Å². The lowest BCUT2D eigenvalue weighted by molar-refractivity contribution is -0.161. The van der Waals surface area contributed by atoms with Crippen LogP contribution < -0.4 is 0 Å². The Hall–Kier alpha value is -4.54. The fourth-order valence-electron chi connectivity index (χ4n) is 10.4. The first-order valence-electron chi connectivity index (χ1n) is 39.8. The molecule has 0 aromatic rings. The number of hydrogen-bond acceptors (Lipinski definition) is 15. The van der Waals surface area contributed by atoms with Crippen LogP contribution >= 0.6 is 15.6 Å². The van der Waals surface area contributed by atoms with Crippen molar-refractivity contribution in [2.75, 3.05) is 39.6 Å². The molecule has 3 N–H and O–H groups in total. The summed E-state index contributed by atoms with van der Waals surface area (Å²) in [5.41, 5.74) is 0. The molecule has 0 aromatic carbocycles. The van der Waals surface area contributed by atoms with E-state index in [-0.39, 0.29) is 25.7 Å². The molecule has 0 rings (SSSR count). The van der Waals surface area contributed by atoms with Crippen molar-refractivity contribution in [1.82, 2.24) is 0 Å². The maximum atomic E-state index is 13.1. The van der Waals surface area contributed by atoms with Crippen molar-refractivity contribution in [3.05, 3.63) is 122 Å². The third-order valence-corrected chi connectivity index (χ3v) is 18.3. The van der Waals surface area contributed by atoms with E-state index in [9.17, 15) is 43.2 Å². The first-order chi connectivity index (χ1) is 49.7.